The van der Waals surface area contributed by atoms with Crippen molar-refractivity contribution in [3.63, 3.8) is 0 Å². The Bertz CT molecular complexity index is 1080. The van der Waals surface area contributed by atoms with Gasteiger partial charge in [-0.05, 0) is 67.1 Å². The van der Waals surface area contributed by atoms with E-state index in [1.807, 2.05) is 31.2 Å². The fourth-order valence-corrected chi connectivity index (χ4v) is 4.32. The van der Waals surface area contributed by atoms with Gasteiger partial charge in [-0.3, -0.25) is 9.59 Å². The quantitative estimate of drug-likeness (QED) is 0.638. The molecule has 0 radical (unpaired) electrons. The molecule has 4 rings (SSSR count). The fourth-order valence-electron chi connectivity index (χ4n) is 4.32. The molecule has 2 aliphatic heterocycles. The van der Waals surface area contributed by atoms with Crippen molar-refractivity contribution in [2.75, 3.05) is 24.6 Å². The fraction of sp³-hybridized carbons (Fsp3) is 0.346. The van der Waals surface area contributed by atoms with Gasteiger partial charge in [-0.1, -0.05) is 26.0 Å². The van der Waals surface area contributed by atoms with Crippen molar-refractivity contribution in [2.45, 2.75) is 33.1 Å². The molecule has 1 atom stereocenters. The van der Waals surface area contributed by atoms with E-state index in [1.165, 1.54) is 4.90 Å². The van der Waals surface area contributed by atoms with Gasteiger partial charge in [0.25, 0.3) is 11.8 Å². The van der Waals surface area contributed by atoms with E-state index in [4.69, 9.17) is 10.00 Å². The highest BCUT2D eigenvalue weighted by atomic mass is 16.5. The zero-order valence-corrected chi connectivity index (χ0v) is 18.5. The Kier molecular flexibility index (Phi) is 6.27. The van der Waals surface area contributed by atoms with Gasteiger partial charge in [0.05, 0.1) is 29.5 Å². The minimum atomic E-state index is -0.338. The van der Waals surface area contributed by atoms with Crippen LogP contribution in [0.5, 0.6) is 5.75 Å². The molecular weight excluding hydrogens is 402 g/mol. The van der Waals surface area contributed by atoms with Crippen molar-refractivity contribution < 1.29 is 14.3 Å². The van der Waals surface area contributed by atoms with E-state index in [2.05, 4.69) is 17.9 Å². The summed E-state index contributed by atoms with van der Waals surface area (Å²) in [6.07, 6.45) is 3.01. The molecule has 2 amide bonds. The molecule has 6 heteroatoms. The van der Waals surface area contributed by atoms with E-state index < -0.39 is 0 Å². The number of carbonyl (C=O) groups is 2. The minimum Gasteiger partial charge on any atom is -0.494 e. The molecule has 2 aliphatic rings. The molecule has 0 bridgehead atoms. The van der Waals surface area contributed by atoms with Crippen LogP contribution < -0.4 is 9.64 Å². The number of nitrogens with zero attached hydrogens (tertiary/aromatic N) is 3. The lowest BCUT2D eigenvalue weighted by atomic mass is 9.97. The second-order valence-corrected chi connectivity index (χ2v) is 8.39. The predicted molar refractivity (Wildman–Crippen MR) is 123 cm³/mol. The number of imide groups is 1. The summed E-state index contributed by atoms with van der Waals surface area (Å²) in [4.78, 5) is 30.5. The lowest BCUT2D eigenvalue weighted by Crippen LogP contribution is -2.39. The topological polar surface area (TPSA) is 73.6 Å². The third-order valence-corrected chi connectivity index (χ3v) is 5.90. The summed E-state index contributed by atoms with van der Waals surface area (Å²) in [7, 11) is 0. The van der Waals surface area contributed by atoms with Crippen molar-refractivity contribution in [1.29, 1.82) is 5.26 Å². The van der Waals surface area contributed by atoms with E-state index in [1.54, 1.807) is 24.3 Å². The van der Waals surface area contributed by atoms with Gasteiger partial charge in [-0.25, -0.2) is 4.90 Å². The SMILES string of the molecule is CCCOc1ccc(C2=C(N3CCCC(C)C3)C(=O)N(c3ccc(C#N)cc3)C2=O)cc1. The number of likely N-dealkylation sites (tertiary alicyclic amines) is 1. The number of anilines is 1. The van der Waals surface area contributed by atoms with Gasteiger partial charge in [0, 0.05) is 13.1 Å². The smallest absolute Gasteiger partial charge is 0.282 e. The molecule has 0 N–H and O–H groups in total. The maximum Gasteiger partial charge on any atom is 0.282 e. The first kappa shape index (κ1) is 21.6. The van der Waals surface area contributed by atoms with E-state index in [9.17, 15) is 9.59 Å². The Morgan fingerprint density at radius 2 is 1.78 bits per heavy atom. The van der Waals surface area contributed by atoms with Crippen LogP contribution >= 0.6 is 0 Å². The largest absolute Gasteiger partial charge is 0.494 e. The van der Waals surface area contributed by atoms with E-state index in [0.29, 0.717) is 40.6 Å². The highest BCUT2D eigenvalue weighted by Gasteiger charge is 2.43. The Hall–Kier alpha value is -3.59. The second kappa shape index (κ2) is 9.27. The third kappa shape index (κ3) is 4.11. The second-order valence-electron chi connectivity index (χ2n) is 8.39. The van der Waals surface area contributed by atoms with E-state index in [-0.39, 0.29) is 11.8 Å². The molecule has 0 spiro atoms. The molecule has 6 nitrogen and oxygen atoms in total. The Labute approximate surface area is 188 Å². The molecule has 32 heavy (non-hydrogen) atoms. The van der Waals surface area contributed by atoms with Crippen molar-refractivity contribution in [3.8, 4) is 11.8 Å². The van der Waals surface area contributed by atoms with Crippen LogP contribution in [0.4, 0.5) is 5.69 Å². The lowest BCUT2D eigenvalue weighted by molar-refractivity contribution is -0.120. The molecule has 164 valence electrons. The first-order valence-corrected chi connectivity index (χ1v) is 11.1. The summed E-state index contributed by atoms with van der Waals surface area (Å²) >= 11 is 0. The summed E-state index contributed by atoms with van der Waals surface area (Å²) in [5.74, 6) is 0.546. The van der Waals surface area contributed by atoms with E-state index in [0.717, 1.165) is 38.1 Å². The van der Waals surface area contributed by atoms with Crippen molar-refractivity contribution in [1.82, 2.24) is 4.90 Å². The van der Waals surface area contributed by atoms with Crippen LogP contribution in [0.25, 0.3) is 5.57 Å². The summed E-state index contributed by atoms with van der Waals surface area (Å²) in [6.45, 7) is 6.35. The molecule has 1 fully saturated rings. The monoisotopic (exact) mass is 429 g/mol. The van der Waals surface area contributed by atoms with Crippen molar-refractivity contribution in [3.05, 3.63) is 65.4 Å². The molecule has 1 saturated heterocycles. The number of piperidine rings is 1. The summed E-state index contributed by atoms with van der Waals surface area (Å²) in [5, 5.41) is 9.08. The highest BCUT2D eigenvalue weighted by Crippen LogP contribution is 2.37. The van der Waals surface area contributed by atoms with Gasteiger partial charge in [0.1, 0.15) is 11.4 Å². The summed E-state index contributed by atoms with van der Waals surface area (Å²) in [6, 6.07) is 16.0. The Morgan fingerprint density at radius 1 is 1.06 bits per heavy atom. The van der Waals surface area contributed by atoms with Gasteiger partial charge in [0.2, 0.25) is 0 Å². The first-order valence-electron chi connectivity index (χ1n) is 11.1. The number of hydrogen-bond donors (Lipinski definition) is 0. The summed E-state index contributed by atoms with van der Waals surface area (Å²) in [5.41, 5.74) is 2.55. The average Bonchev–Trinajstić information content (AvgIpc) is 3.08. The van der Waals surface area contributed by atoms with Crippen LogP contribution in [0.3, 0.4) is 0 Å². The maximum atomic E-state index is 13.6. The predicted octanol–water partition coefficient (Wildman–Crippen LogP) is 4.36. The van der Waals surface area contributed by atoms with Crippen LogP contribution in [0.1, 0.15) is 44.2 Å². The zero-order valence-electron chi connectivity index (χ0n) is 18.5. The zero-order chi connectivity index (χ0) is 22.7. The van der Waals surface area contributed by atoms with Crippen LogP contribution in [0.2, 0.25) is 0 Å². The Balaban J connectivity index is 1.75. The molecular formula is C26H27N3O3. The number of hydrogen-bond acceptors (Lipinski definition) is 5. The van der Waals surface area contributed by atoms with Crippen molar-refractivity contribution >= 4 is 23.1 Å². The number of amides is 2. The molecule has 2 aromatic carbocycles. The van der Waals surface area contributed by atoms with Gasteiger partial charge < -0.3 is 9.64 Å². The highest BCUT2D eigenvalue weighted by molar-refractivity contribution is 6.45. The van der Waals surface area contributed by atoms with Gasteiger partial charge in [-0.15, -0.1) is 0 Å². The number of rotatable bonds is 6. The number of nitriles is 1. The standard InChI is InChI=1S/C26H27N3O3/c1-3-15-32-22-12-8-20(9-13-22)23-24(28-14-4-5-18(2)17-28)26(31)29(25(23)30)21-10-6-19(16-27)7-11-21/h6-13,18H,3-5,14-15,17H2,1-2H3. The lowest BCUT2D eigenvalue weighted by Gasteiger charge is -2.33. The van der Waals surface area contributed by atoms with Gasteiger partial charge in [-0.2, -0.15) is 5.26 Å². The Morgan fingerprint density at radius 3 is 2.41 bits per heavy atom. The van der Waals surface area contributed by atoms with Crippen LogP contribution in [0.15, 0.2) is 54.2 Å². The normalized spacial score (nSPS) is 18.8. The number of benzene rings is 2. The number of carbonyl (C=O) groups excluding carboxylic acids is 2. The van der Waals surface area contributed by atoms with Crippen molar-refractivity contribution in [2.24, 2.45) is 5.92 Å². The number of ether oxygens (including phenoxy) is 1. The molecule has 2 heterocycles. The van der Waals surface area contributed by atoms with Crippen LogP contribution in [-0.2, 0) is 9.59 Å². The van der Waals surface area contributed by atoms with Crippen LogP contribution in [0, 0.1) is 17.2 Å². The molecule has 0 saturated carbocycles. The average molecular weight is 430 g/mol. The first-order chi connectivity index (χ1) is 15.5. The third-order valence-electron chi connectivity index (χ3n) is 5.90. The molecule has 0 aromatic heterocycles. The van der Waals surface area contributed by atoms with Gasteiger partial charge in [0.15, 0.2) is 0 Å². The summed E-state index contributed by atoms with van der Waals surface area (Å²) < 4.78 is 5.68. The van der Waals surface area contributed by atoms with Crippen LogP contribution in [-0.4, -0.2) is 36.4 Å². The molecule has 2 aromatic rings. The minimum absolute atomic E-state index is 0.310. The van der Waals surface area contributed by atoms with Gasteiger partial charge >= 0.3 is 0 Å². The molecule has 1 unspecified atom stereocenters. The van der Waals surface area contributed by atoms with E-state index >= 15 is 0 Å². The molecule has 0 aliphatic carbocycles. The maximum absolute atomic E-state index is 13.6.